The summed E-state index contributed by atoms with van der Waals surface area (Å²) in [6.45, 7) is 4.88. The number of aromatic nitrogens is 1. The maximum Gasteiger partial charge on any atom is 0.259 e. The highest BCUT2D eigenvalue weighted by Crippen LogP contribution is 2.29. The maximum atomic E-state index is 13.2. The van der Waals surface area contributed by atoms with Crippen molar-refractivity contribution in [3.8, 4) is 0 Å². The first kappa shape index (κ1) is 17.3. The molecule has 0 bridgehead atoms. The quantitative estimate of drug-likeness (QED) is 0.715. The summed E-state index contributed by atoms with van der Waals surface area (Å²) >= 11 is 0. The van der Waals surface area contributed by atoms with Crippen molar-refractivity contribution < 1.29 is 4.79 Å². The number of amides is 1. The van der Waals surface area contributed by atoms with Crippen LogP contribution in [-0.2, 0) is 6.42 Å². The summed E-state index contributed by atoms with van der Waals surface area (Å²) in [6.07, 6.45) is 5.41. The molecule has 2 aromatic carbocycles. The predicted octanol–water partition coefficient (Wildman–Crippen LogP) is 5.04. The summed E-state index contributed by atoms with van der Waals surface area (Å²) in [7, 11) is 0. The summed E-state index contributed by atoms with van der Waals surface area (Å²) in [6, 6.07) is 16.2. The molecule has 0 aliphatic carbocycles. The van der Waals surface area contributed by atoms with Gasteiger partial charge in [-0.3, -0.25) is 9.78 Å². The van der Waals surface area contributed by atoms with Crippen LogP contribution in [0.1, 0.15) is 33.5 Å². The molecule has 0 saturated heterocycles. The number of nitrogens with one attached hydrogen (secondary N) is 1. The van der Waals surface area contributed by atoms with Crippen LogP contribution in [0.15, 0.2) is 60.9 Å². The predicted molar refractivity (Wildman–Crippen MR) is 110 cm³/mol. The highest BCUT2D eigenvalue weighted by molar-refractivity contribution is 6.07. The molecule has 1 amide bonds. The third-order valence-electron chi connectivity index (χ3n) is 5.09. The SMILES string of the molecule is Cc1cccc(C)c1Nc1cncc(C(=O)N2CCCc3ccccc32)c1. The largest absolute Gasteiger partial charge is 0.354 e. The van der Waals surface area contributed by atoms with Crippen LogP contribution in [0.4, 0.5) is 17.1 Å². The Labute approximate surface area is 159 Å². The molecular weight excluding hydrogens is 334 g/mol. The summed E-state index contributed by atoms with van der Waals surface area (Å²) < 4.78 is 0. The second kappa shape index (κ2) is 7.23. The number of aryl methyl sites for hydroxylation is 3. The van der Waals surface area contributed by atoms with Gasteiger partial charge in [0, 0.05) is 24.1 Å². The molecule has 0 unspecified atom stereocenters. The Balaban J connectivity index is 1.63. The average Bonchev–Trinajstić information content (AvgIpc) is 2.70. The number of hydrogen-bond donors (Lipinski definition) is 1. The Bertz CT molecular complexity index is 976. The Morgan fingerprint density at radius 2 is 1.81 bits per heavy atom. The van der Waals surface area contributed by atoms with Crippen molar-refractivity contribution in [1.29, 1.82) is 0 Å². The highest BCUT2D eigenvalue weighted by Gasteiger charge is 2.23. The lowest BCUT2D eigenvalue weighted by Gasteiger charge is -2.29. The topological polar surface area (TPSA) is 45.2 Å². The fourth-order valence-electron chi connectivity index (χ4n) is 3.68. The third-order valence-corrected chi connectivity index (χ3v) is 5.09. The van der Waals surface area contributed by atoms with E-state index in [1.807, 2.05) is 35.2 Å². The molecule has 1 aliphatic heterocycles. The number of anilines is 3. The fourth-order valence-corrected chi connectivity index (χ4v) is 3.68. The Morgan fingerprint density at radius 1 is 1.04 bits per heavy atom. The van der Waals surface area contributed by atoms with Crippen LogP contribution in [-0.4, -0.2) is 17.4 Å². The van der Waals surface area contributed by atoms with Gasteiger partial charge in [-0.1, -0.05) is 36.4 Å². The molecule has 0 fully saturated rings. The van der Waals surface area contributed by atoms with E-state index in [9.17, 15) is 4.79 Å². The molecule has 4 heteroatoms. The molecule has 1 aliphatic rings. The lowest BCUT2D eigenvalue weighted by molar-refractivity contribution is 0.0985. The number of rotatable bonds is 3. The minimum atomic E-state index is -0.000180. The Morgan fingerprint density at radius 3 is 2.63 bits per heavy atom. The van der Waals surface area contributed by atoms with Crippen LogP contribution < -0.4 is 10.2 Å². The van der Waals surface area contributed by atoms with Crippen LogP contribution >= 0.6 is 0 Å². The molecule has 0 saturated carbocycles. The van der Waals surface area contributed by atoms with Crippen LogP contribution in [0.2, 0.25) is 0 Å². The van der Waals surface area contributed by atoms with E-state index in [0.717, 1.165) is 47.6 Å². The van der Waals surface area contributed by atoms with Gasteiger partial charge in [0.25, 0.3) is 5.91 Å². The Kier molecular flexibility index (Phi) is 4.63. The minimum absolute atomic E-state index is 0.000180. The van der Waals surface area contributed by atoms with Crippen molar-refractivity contribution in [2.45, 2.75) is 26.7 Å². The summed E-state index contributed by atoms with van der Waals surface area (Å²) in [5.74, 6) is -0.000180. The maximum absolute atomic E-state index is 13.2. The van der Waals surface area contributed by atoms with Crippen molar-refractivity contribution in [2.75, 3.05) is 16.8 Å². The zero-order valence-corrected chi connectivity index (χ0v) is 15.7. The van der Waals surface area contributed by atoms with E-state index >= 15 is 0 Å². The first-order valence-electron chi connectivity index (χ1n) is 9.31. The fraction of sp³-hybridized carbons (Fsp3) is 0.217. The summed E-state index contributed by atoms with van der Waals surface area (Å²) in [4.78, 5) is 19.3. The van der Waals surface area contributed by atoms with E-state index < -0.39 is 0 Å². The van der Waals surface area contributed by atoms with Crippen molar-refractivity contribution in [3.63, 3.8) is 0 Å². The van der Waals surface area contributed by atoms with Crippen molar-refractivity contribution >= 4 is 23.0 Å². The van der Waals surface area contributed by atoms with Gasteiger partial charge in [0.05, 0.1) is 17.4 Å². The van der Waals surface area contributed by atoms with Crippen LogP contribution in [0.5, 0.6) is 0 Å². The molecular formula is C23H23N3O. The molecule has 27 heavy (non-hydrogen) atoms. The number of hydrogen-bond acceptors (Lipinski definition) is 3. The van der Waals surface area contributed by atoms with E-state index in [1.54, 1.807) is 12.4 Å². The standard InChI is InChI=1S/C23H23N3O/c1-16-7-5-8-17(2)22(16)25-20-13-19(14-24-15-20)23(27)26-12-6-10-18-9-3-4-11-21(18)26/h3-5,7-9,11,13-15,25H,6,10,12H2,1-2H3. The molecule has 0 atom stereocenters. The van der Waals surface area contributed by atoms with Gasteiger partial charge in [0.15, 0.2) is 0 Å². The minimum Gasteiger partial charge on any atom is -0.354 e. The van der Waals surface area contributed by atoms with E-state index in [0.29, 0.717) is 5.56 Å². The van der Waals surface area contributed by atoms with Gasteiger partial charge in [-0.15, -0.1) is 0 Å². The normalized spacial score (nSPS) is 13.2. The number of carbonyl (C=O) groups excluding carboxylic acids is 1. The number of fused-ring (bicyclic) bond motifs is 1. The molecule has 0 spiro atoms. The zero-order valence-electron chi connectivity index (χ0n) is 15.7. The lowest BCUT2D eigenvalue weighted by atomic mass is 10.0. The number of benzene rings is 2. The monoisotopic (exact) mass is 357 g/mol. The van der Waals surface area contributed by atoms with Gasteiger partial charge in [-0.2, -0.15) is 0 Å². The second-order valence-electron chi connectivity index (χ2n) is 7.04. The number of carbonyl (C=O) groups is 1. The van der Waals surface area contributed by atoms with Crippen LogP contribution in [0, 0.1) is 13.8 Å². The summed E-state index contributed by atoms with van der Waals surface area (Å²) in [5, 5.41) is 3.42. The molecule has 3 aromatic rings. The second-order valence-corrected chi connectivity index (χ2v) is 7.04. The van der Waals surface area contributed by atoms with E-state index in [4.69, 9.17) is 0 Å². The van der Waals surface area contributed by atoms with Crippen molar-refractivity contribution in [2.24, 2.45) is 0 Å². The lowest BCUT2D eigenvalue weighted by Crippen LogP contribution is -2.35. The zero-order chi connectivity index (χ0) is 18.8. The molecule has 1 N–H and O–H groups in total. The average molecular weight is 357 g/mol. The van der Waals surface area contributed by atoms with Gasteiger partial charge in [0.2, 0.25) is 0 Å². The van der Waals surface area contributed by atoms with E-state index in [2.05, 4.69) is 42.3 Å². The first-order chi connectivity index (χ1) is 13.1. The van der Waals surface area contributed by atoms with Gasteiger partial charge in [-0.25, -0.2) is 0 Å². The van der Waals surface area contributed by atoms with Gasteiger partial charge in [-0.05, 0) is 55.5 Å². The Hall–Kier alpha value is -3.14. The number of pyridine rings is 1. The van der Waals surface area contributed by atoms with Gasteiger partial charge < -0.3 is 10.2 Å². The van der Waals surface area contributed by atoms with Crippen LogP contribution in [0.25, 0.3) is 0 Å². The smallest absolute Gasteiger partial charge is 0.259 e. The molecule has 1 aromatic heterocycles. The molecule has 4 rings (SSSR count). The summed E-state index contributed by atoms with van der Waals surface area (Å²) in [5.41, 5.74) is 7.06. The number of nitrogens with zero attached hydrogens (tertiary/aromatic N) is 2. The van der Waals surface area contributed by atoms with E-state index in [-0.39, 0.29) is 5.91 Å². The molecule has 2 heterocycles. The number of para-hydroxylation sites is 2. The highest BCUT2D eigenvalue weighted by atomic mass is 16.2. The van der Waals surface area contributed by atoms with Crippen LogP contribution in [0.3, 0.4) is 0 Å². The molecule has 4 nitrogen and oxygen atoms in total. The van der Waals surface area contributed by atoms with Crippen molar-refractivity contribution in [1.82, 2.24) is 4.98 Å². The third kappa shape index (κ3) is 3.43. The molecule has 136 valence electrons. The molecule has 0 radical (unpaired) electrons. The van der Waals surface area contributed by atoms with Gasteiger partial charge in [0.1, 0.15) is 0 Å². The van der Waals surface area contributed by atoms with Crippen molar-refractivity contribution in [3.05, 3.63) is 83.2 Å². The van der Waals surface area contributed by atoms with Gasteiger partial charge >= 0.3 is 0 Å². The van der Waals surface area contributed by atoms with E-state index in [1.165, 1.54) is 5.56 Å². The first-order valence-corrected chi connectivity index (χ1v) is 9.31.